The molecular formula is C15H27N3O2S. The molecule has 0 saturated heterocycles. The maximum Gasteiger partial charge on any atom is 0.407 e. The monoisotopic (exact) mass is 313 g/mol. The third-order valence-electron chi connectivity index (χ3n) is 2.46. The van der Waals surface area contributed by atoms with E-state index in [9.17, 15) is 4.79 Å². The molecule has 1 aromatic heterocycles. The summed E-state index contributed by atoms with van der Waals surface area (Å²) in [5.41, 5.74) is -0.356. The molecule has 120 valence electrons. The van der Waals surface area contributed by atoms with Crippen molar-refractivity contribution >= 4 is 17.4 Å². The third-order valence-corrected chi connectivity index (χ3v) is 3.89. The standard InChI is InChI=1S/C15H27N3O2S/c1-14(2,3)12-18-10-11(21-12)9-16-7-8-17-13(19)20-15(4,5)6/h10,16H,7-9H2,1-6H3,(H,17,19). The zero-order valence-corrected chi connectivity index (χ0v) is 14.7. The van der Waals surface area contributed by atoms with Crippen LogP contribution >= 0.6 is 11.3 Å². The zero-order chi connectivity index (χ0) is 16.1. The first kappa shape index (κ1) is 17.9. The molecule has 5 nitrogen and oxygen atoms in total. The van der Waals surface area contributed by atoms with Gasteiger partial charge < -0.3 is 15.4 Å². The fourth-order valence-corrected chi connectivity index (χ4v) is 2.45. The van der Waals surface area contributed by atoms with Gasteiger partial charge in [-0.3, -0.25) is 0 Å². The van der Waals surface area contributed by atoms with Gasteiger partial charge in [0, 0.05) is 36.1 Å². The van der Waals surface area contributed by atoms with E-state index >= 15 is 0 Å². The lowest BCUT2D eigenvalue weighted by Crippen LogP contribution is -2.36. The smallest absolute Gasteiger partial charge is 0.407 e. The molecule has 0 fully saturated rings. The topological polar surface area (TPSA) is 63.2 Å². The van der Waals surface area contributed by atoms with Crippen molar-refractivity contribution in [1.29, 1.82) is 0 Å². The molecule has 1 amide bonds. The number of nitrogens with zero attached hydrogens (tertiary/aromatic N) is 1. The summed E-state index contributed by atoms with van der Waals surface area (Å²) in [4.78, 5) is 17.1. The summed E-state index contributed by atoms with van der Waals surface area (Å²) in [5, 5.41) is 7.15. The SMILES string of the molecule is CC(C)(C)OC(=O)NCCNCc1cnc(C(C)(C)C)s1. The molecule has 0 aliphatic rings. The Bertz CT molecular complexity index is 458. The van der Waals surface area contributed by atoms with Gasteiger partial charge in [0.15, 0.2) is 0 Å². The summed E-state index contributed by atoms with van der Waals surface area (Å²) in [7, 11) is 0. The van der Waals surface area contributed by atoms with Crippen LogP contribution in [0.25, 0.3) is 0 Å². The van der Waals surface area contributed by atoms with Crippen LogP contribution in [0.1, 0.15) is 51.4 Å². The second kappa shape index (κ2) is 7.22. The van der Waals surface area contributed by atoms with Gasteiger partial charge in [-0.05, 0) is 20.8 Å². The molecule has 1 aromatic rings. The van der Waals surface area contributed by atoms with Gasteiger partial charge in [0.25, 0.3) is 0 Å². The average molecular weight is 313 g/mol. The van der Waals surface area contributed by atoms with Gasteiger partial charge in [-0.1, -0.05) is 20.8 Å². The molecule has 2 N–H and O–H groups in total. The van der Waals surface area contributed by atoms with Crippen LogP contribution in [0.5, 0.6) is 0 Å². The van der Waals surface area contributed by atoms with E-state index in [4.69, 9.17) is 4.74 Å². The fourth-order valence-electron chi connectivity index (χ4n) is 1.51. The van der Waals surface area contributed by atoms with Gasteiger partial charge in [0.1, 0.15) is 5.60 Å². The van der Waals surface area contributed by atoms with Crippen molar-refractivity contribution in [3.63, 3.8) is 0 Å². The van der Waals surface area contributed by atoms with E-state index in [0.717, 1.165) is 11.6 Å². The Hall–Kier alpha value is -1.14. The number of hydrogen-bond donors (Lipinski definition) is 2. The van der Waals surface area contributed by atoms with Gasteiger partial charge in [0.05, 0.1) is 5.01 Å². The summed E-state index contributed by atoms with van der Waals surface area (Å²) >= 11 is 1.73. The second-order valence-electron chi connectivity index (χ2n) is 6.99. The predicted octanol–water partition coefficient (Wildman–Crippen LogP) is 3.05. The Morgan fingerprint density at radius 2 is 1.90 bits per heavy atom. The Morgan fingerprint density at radius 3 is 2.43 bits per heavy atom. The van der Waals surface area contributed by atoms with Crippen LogP contribution in [-0.4, -0.2) is 29.8 Å². The van der Waals surface area contributed by atoms with Crippen LogP contribution in [0.2, 0.25) is 0 Å². The minimum Gasteiger partial charge on any atom is -0.444 e. The molecule has 0 radical (unpaired) electrons. The van der Waals surface area contributed by atoms with E-state index in [0.29, 0.717) is 13.1 Å². The Morgan fingerprint density at radius 1 is 1.24 bits per heavy atom. The van der Waals surface area contributed by atoms with Crippen molar-refractivity contribution in [3.05, 3.63) is 16.1 Å². The van der Waals surface area contributed by atoms with E-state index in [1.165, 1.54) is 4.88 Å². The Kier molecular flexibility index (Phi) is 6.16. The van der Waals surface area contributed by atoms with Crippen LogP contribution in [0.3, 0.4) is 0 Å². The minimum absolute atomic E-state index is 0.0984. The summed E-state index contributed by atoms with van der Waals surface area (Å²) in [6, 6.07) is 0. The van der Waals surface area contributed by atoms with E-state index in [-0.39, 0.29) is 11.5 Å². The Balaban J connectivity index is 2.20. The highest BCUT2D eigenvalue weighted by Gasteiger charge is 2.18. The average Bonchev–Trinajstić information content (AvgIpc) is 2.74. The molecule has 21 heavy (non-hydrogen) atoms. The maximum absolute atomic E-state index is 11.4. The van der Waals surface area contributed by atoms with Gasteiger partial charge in [0.2, 0.25) is 0 Å². The summed E-state index contributed by atoms with van der Waals surface area (Å²) in [6.07, 6.45) is 1.54. The van der Waals surface area contributed by atoms with Gasteiger partial charge >= 0.3 is 6.09 Å². The summed E-state index contributed by atoms with van der Waals surface area (Å²) in [6.45, 7) is 14.0. The lowest BCUT2D eigenvalue weighted by atomic mass is 9.98. The van der Waals surface area contributed by atoms with Crippen molar-refractivity contribution in [2.45, 2.75) is 59.1 Å². The molecule has 0 atom stereocenters. The highest BCUT2D eigenvalue weighted by Crippen LogP contribution is 2.26. The second-order valence-corrected chi connectivity index (χ2v) is 8.10. The molecule has 0 aromatic carbocycles. The maximum atomic E-state index is 11.4. The molecule has 0 aliphatic carbocycles. The predicted molar refractivity (Wildman–Crippen MR) is 86.8 cm³/mol. The van der Waals surface area contributed by atoms with Crippen molar-refractivity contribution in [2.75, 3.05) is 13.1 Å². The lowest BCUT2D eigenvalue weighted by Gasteiger charge is -2.19. The first-order valence-corrected chi connectivity index (χ1v) is 8.02. The first-order valence-electron chi connectivity index (χ1n) is 7.21. The summed E-state index contributed by atoms with van der Waals surface area (Å²) < 4.78 is 5.16. The molecule has 1 heterocycles. The van der Waals surface area contributed by atoms with E-state index in [2.05, 4.69) is 36.4 Å². The van der Waals surface area contributed by atoms with Crippen molar-refractivity contribution in [1.82, 2.24) is 15.6 Å². The molecule has 0 unspecified atom stereocenters. The number of thiazole rings is 1. The number of hydrogen-bond acceptors (Lipinski definition) is 5. The van der Waals surface area contributed by atoms with E-state index in [1.54, 1.807) is 11.3 Å². The number of alkyl carbamates (subject to hydrolysis) is 1. The van der Waals surface area contributed by atoms with Crippen molar-refractivity contribution in [3.8, 4) is 0 Å². The van der Waals surface area contributed by atoms with Crippen LogP contribution < -0.4 is 10.6 Å². The molecule has 1 rings (SSSR count). The largest absolute Gasteiger partial charge is 0.444 e. The fraction of sp³-hybridized carbons (Fsp3) is 0.733. The highest BCUT2D eigenvalue weighted by molar-refractivity contribution is 7.11. The molecule has 0 bridgehead atoms. The van der Waals surface area contributed by atoms with Gasteiger partial charge in [-0.2, -0.15) is 0 Å². The zero-order valence-electron chi connectivity index (χ0n) is 13.9. The first-order chi connectivity index (χ1) is 9.58. The quantitative estimate of drug-likeness (QED) is 0.820. The molecule has 0 saturated carbocycles. The number of rotatable bonds is 5. The number of ether oxygens (including phenoxy) is 1. The summed E-state index contributed by atoms with van der Waals surface area (Å²) in [5.74, 6) is 0. The number of aromatic nitrogens is 1. The van der Waals surface area contributed by atoms with E-state index < -0.39 is 5.60 Å². The molecule has 0 aliphatic heterocycles. The third kappa shape index (κ3) is 7.43. The van der Waals surface area contributed by atoms with Crippen LogP contribution in [-0.2, 0) is 16.7 Å². The molecule has 6 heteroatoms. The number of carbonyl (C=O) groups excluding carboxylic acids is 1. The van der Waals surface area contributed by atoms with Gasteiger partial charge in [-0.25, -0.2) is 9.78 Å². The number of carbonyl (C=O) groups is 1. The van der Waals surface area contributed by atoms with Crippen molar-refractivity contribution < 1.29 is 9.53 Å². The molecular weight excluding hydrogens is 286 g/mol. The van der Waals surface area contributed by atoms with Crippen molar-refractivity contribution in [2.24, 2.45) is 0 Å². The van der Waals surface area contributed by atoms with Crippen LogP contribution in [0.15, 0.2) is 6.20 Å². The van der Waals surface area contributed by atoms with Crippen LogP contribution in [0.4, 0.5) is 4.79 Å². The van der Waals surface area contributed by atoms with E-state index in [1.807, 2.05) is 27.0 Å². The molecule has 0 spiro atoms. The normalized spacial score (nSPS) is 12.3. The van der Waals surface area contributed by atoms with Crippen LogP contribution in [0, 0.1) is 0 Å². The lowest BCUT2D eigenvalue weighted by molar-refractivity contribution is 0.0528. The van der Waals surface area contributed by atoms with Gasteiger partial charge in [-0.15, -0.1) is 11.3 Å². The number of nitrogens with one attached hydrogen (secondary N) is 2. The highest BCUT2D eigenvalue weighted by atomic mass is 32.1. The Labute approximate surface area is 131 Å². The number of amides is 1. The minimum atomic E-state index is -0.455.